The van der Waals surface area contributed by atoms with Gasteiger partial charge in [-0.05, 0) is 45.8 Å². The molecule has 0 heterocycles. The highest BCUT2D eigenvalue weighted by Gasteiger charge is 2.09. The van der Waals surface area contributed by atoms with Gasteiger partial charge in [0.15, 0.2) is 18.1 Å². The van der Waals surface area contributed by atoms with Crippen LogP contribution < -0.4 is 19.6 Å². The molecule has 1 amide bonds. The van der Waals surface area contributed by atoms with Crippen molar-refractivity contribution in [2.45, 2.75) is 0 Å². The zero-order valence-corrected chi connectivity index (χ0v) is 14.9. The fourth-order valence-corrected chi connectivity index (χ4v) is 2.51. The van der Waals surface area contributed by atoms with E-state index in [1.807, 2.05) is 18.2 Å². The highest BCUT2D eigenvalue weighted by atomic mass is 79.9. The average molecular weight is 393 g/mol. The molecule has 0 aliphatic heterocycles. The average Bonchev–Trinajstić information content (AvgIpc) is 2.60. The van der Waals surface area contributed by atoms with Crippen molar-refractivity contribution in [1.29, 1.82) is 0 Å². The molecule has 0 aromatic heterocycles. The van der Waals surface area contributed by atoms with E-state index in [-0.39, 0.29) is 12.5 Å². The molecule has 0 bridgehead atoms. The van der Waals surface area contributed by atoms with Crippen molar-refractivity contribution < 1.29 is 19.0 Å². The molecule has 0 fully saturated rings. The maximum Gasteiger partial charge on any atom is 0.277 e. The molecule has 24 heavy (non-hydrogen) atoms. The summed E-state index contributed by atoms with van der Waals surface area (Å²) in [6.07, 6.45) is 1.51. The maximum atomic E-state index is 11.7. The first kappa shape index (κ1) is 17.8. The number of hydrogen-bond acceptors (Lipinski definition) is 5. The number of rotatable bonds is 7. The van der Waals surface area contributed by atoms with Crippen LogP contribution >= 0.6 is 15.9 Å². The van der Waals surface area contributed by atoms with Gasteiger partial charge in [0.25, 0.3) is 5.91 Å². The summed E-state index contributed by atoms with van der Waals surface area (Å²) >= 11 is 3.40. The van der Waals surface area contributed by atoms with Crippen LogP contribution in [0, 0.1) is 0 Å². The van der Waals surface area contributed by atoms with Crippen LogP contribution in [0.25, 0.3) is 0 Å². The van der Waals surface area contributed by atoms with Crippen molar-refractivity contribution in [2.75, 3.05) is 20.8 Å². The lowest BCUT2D eigenvalue weighted by molar-refractivity contribution is -0.123. The van der Waals surface area contributed by atoms with Gasteiger partial charge in [-0.3, -0.25) is 4.79 Å². The first-order valence-electron chi connectivity index (χ1n) is 7.05. The van der Waals surface area contributed by atoms with Crippen molar-refractivity contribution in [1.82, 2.24) is 5.43 Å². The Balaban J connectivity index is 1.91. The second-order valence-electron chi connectivity index (χ2n) is 4.63. The topological polar surface area (TPSA) is 69.2 Å². The Bertz CT molecular complexity index is 720. The van der Waals surface area contributed by atoms with Gasteiger partial charge < -0.3 is 14.2 Å². The Morgan fingerprint density at radius 1 is 1.21 bits per heavy atom. The molecule has 0 spiro atoms. The Kier molecular flexibility index (Phi) is 6.62. The Morgan fingerprint density at radius 2 is 1.96 bits per heavy atom. The summed E-state index contributed by atoms with van der Waals surface area (Å²) in [5.41, 5.74) is 3.14. The minimum Gasteiger partial charge on any atom is -0.493 e. The first-order valence-corrected chi connectivity index (χ1v) is 7.84. The monoisotopic (exact) mass is 392 g/mol. The van der Waals surface area contributed by atoms with E-state index >= 15 is 0 Å². The highest BCUT2D eigenvalue weighted by molar-refractivity contribution is 9.10. The number of carbonyl (C=O) groups is 1. The quantitative estimate of drug-likeness (QED) is 0.580. The van der Waals surface area contributed by atoms with Crippen LogP contribution in [-0.2, 0) is 4.79 Å². The number of benzene rings is 2. The van der Waals surface area contributed by atoms with Gasteiger partial charge in [-0.2, -0.15) is 5.10 Å². The third kappa shape index (κ3) is 4.99. The van der Waals surface area contributed by atoms with Crippen molar-refractivity contribution in [3.63, 3.8) is 0 Å². The van der Waals surface area contributed by atoms with Crippen molar-refractivity contribution in [3.8, 4) is 17.2 Å². The van der Waals surface area contributed by atoms with Crippen molar-refractivity contribution >= 4 is 28.1 Å². The van der Waals surface area contributed by atoms with Gasteiger partial charge in [-0.15, -0.1) is 0 Å². The number of hydrazone groups is 1. The van der Waals surface area contributed by atoms with Crippen molar-refractivity contribution in [2.24, 2.45) is 5.10 Å². The second kappa shape index (κ2) is 8.93. The van der Waals surface area contributed by atoms with Gasteiger partial charge in [0.1, 0.15) is 5.75 Å². The number of nitrogens with one attached hydrogen (secondary N) is 1. The molecule has 6 nitrogen and oxygen atoms in total. The number of hydrogen-bond donors (Lipinski definition) is 1. The molecule has 0 atom stereocenters. The van der Waals surface area contributed by atoms with E-state index in [2.05, 4.69) is 26.5 Å². The standard InChI is InChI=1S/C17H17BrN2O4/c1-22-15-9-12(8-14(18)17(15)23-2)10-19-20-16(21)11-24-13-6-4-3-5-7-13/h3-10H,11H2,1-2H3,(H,20,21). The second-order valence-corrected chi connectivity index (χ2v) is 5.49. The largest absolute Gasteiger partial charge is 0.493 e. The Labute approximate surface area is 148 Å². The lowest BCUT2D eigenvalue weighted by atomic mass is 10.2. The number of ether oxygens (including phenoxy) is 3. The number of para-hydroxylation sites is 1. The number of carbonyl (C=O) groups excluding carboxylic acids is 1. The molecule has 2 aromatic carbocycles. The summed E-state index contributed by atoms with van der Waals surface area (Å²) in [4.78, 5) is 11.7. The summed E-state index contributed by atoms with van der Waals surface area (Å²) in [6, 6.07) is 12.6. The van der Waals surface area contributed by atoms with E-state index in [0.29, 0.717) is 17.2 Å². The van der Waals surface area contributed by atoms with E-state index in [4.69, 9.17) is 14.2 Å². The predicted octanol–water partition coefficient (Wildman–Crippen LogP) is 3.00. The summed E-state index contributed by atoms with van der Waals surface area (Å²) in [7, 11) is 3.11. The molecular weight excluding hydrogens is 376 g/mol. The van der Waals surface area contributed by atoms with Gasteiger partial charge in [0.05, 0.1) is 24.9 Å². The normalized spacial score (nSPS) is 10.5. The van der Waals surface area contributed by atoms with Crippen LogP contribution in [0.5, 0.6) is 17.2 Å². The third-order valence-electron chi connectivity index (χ3n) is 2.97. The van der Waals surface area contributed by atoms with E-state index in [9.17, 15) is 4.79 Å². The molecule has 1 N–H and O–H groups in total. The summed E-state index contributed by atoms with van der Waals surface area (Å²) in [5.74, 6) is 1.43. The molecule has 0 aliphatic carbocycles. The zero-order valence-electron chi connectivity index (χ0n) is 13.3. The molecule has 0 saturated carbocycles. The summed E-state index contributed by atoms with van der Waals surface area (Å²) < 4.78 is 16.5. The van der Waals surface area contributed by atoms with Crippen LogP contribution in [0.3, 0.4) is 0 Å². The van der Waals surface area contributed by atoms with Crippen molar-refractivity contribution in [3.05, 3.63) is 52.5 Å². The smallest absolute Gasteiger partial charge is 0.277 e. The van der Waals surface area contributed by atoms with Crippen LogP contribution in [0.1, 0.15) is 5.56 Å². The number of amides is 1. The summed E-state index contributed by atoms with van der Waals surface area (Å²) in [6.45, 7) is -0.114. The minimum atomic E-state index is -0.352. The van der Waals surface area contributed by atoms with E-state index in [0.717, 1.165) is 10.0 Å². The predicted molar refractivity (Wildman–Crippen MR) is 94.9 cm³/mol. The molecule has 2 rings (SSSR count). The molecule has 0 aliphatic rings. The molecule has 7 heteroatoms. The maximum absolute atomic E-state index is 11.7. The fourth-order valence-electron chi connectivity index (χ4n) is 1.89. The Morgan fingerprint density at radius 3 is 2.62 bits per heavy atom. The minimum absolute atomic E-state index is 0.114. The van der Waals surface area contributed by atoms with Gasteiger partial charge in [0, 0.05) is 0 Å². The van der Waals surface area contributed by atoms with E-state index in [1.165, 1.54) is 6.21 Å². The molecule has 0 saturated heterocycles. The van der Waals surface area contributed by atoms with Gasteiger partial charge in [0.2, 0.25) is 0 Å². The molecule has 2 aromatic rings. The molecule has 0 radical (unpaired) electrons. The van der Waals surface area contributed by atoms with E-state index in [1.54, 1.807) is 38.5 Å². The SMILES string of the molecule is COc1cc(C=NNC(=O)COc2ccccc2)cc(Br)c1OC. The molecular formula is C17H17BrN2O4. The fraction of sp³-hybridized carbons (Fsp3) is 0.176. The van der Waals surface area contributed by atoms with Crippen LogP contribution in [-0.4, -0.2) is 32.9 Å². The van der Waals surface area contributed by atoms with Gasteiger partial charge in [-0.1, -0.05) is 18.2 Å². The number of nitrogens with zero attached hydrogens (tertiary/aromatic N) is 1. The first-order chi connectivity index (χ1) is 11.6. The van der Waals surface area contributed by atoms with Crippen LogP contribution in [0.2, 0.25) is 0 Å². The lowest BCUT2D eigenvalue weighted by Gasteiger charge is -2.10. The van der Waals surface area contributed by atoms with Crippen LogP contribution in [0.15, 0.2) is 52.0 Å². The molecule has 126 valence electrons. The lowest BCUT2D eigenvalue weighted by Crippen LogP contribution is -2.24. The third-order valence-corrected chi connectivity index (χ3v) is 3.56. The number of methoxy groups -OCH3 is 2. The van der Waals surface area contributed by atoms with Crippen LogP contribution in [0.4, 0.5) is 0 Å². The van der Waals surface area contributed by atoms with Gasteiger partial charge >= 0.3 is 0 Å². The highest BCUT2D eigenvalue weighted by Crippen LogP contribution is 2.35. The van der Waals surface area contributed by atoms with E-state index < -0.39 is 0 Å². The Hall–Kier alpha value is -2.54. The number of halogens is 1. The molecule has 0 unspecified atom stereocenters. The van der Waals surface area contributed by atoms with Gasteiger partial charge in [-0.25, -0.2) is 5.43 Å². The summed E-state index contributed by atoms with van der Waals surface area (Å²) in [5, 5.41) is 3.90. The zero-order chi connectivity index (χ0) is 17.4.